The number of hydrogen-bond donors (Lipinski definition) is 2. The van der Waals surface area contributed by atoms with Crippen LogP contribution in [-0.2, 0) is 4.74 Å². The summed E-state index contributed by atoms with van der Waals surface area (Å²) < 4.78 is 10.2. The number of rotatable bonds is 5. The normalized spacial score (nSPS) is 10.6. The molecule has 0 fully saturated rings. The molecule has 2 aromatic rings. The summed E-state index contributed by atoms with van der Waals surface area (Å²) in [4.78, 5) is 22.0. The van der Waals surface area contributed by atoms with Gasteiger partial charge in [0.25, 0.3) is 0 Å². The smallest absolute Gasteiger partial charge is 0.427 e. The van der Waals surface area contributed by atoms with E-state index in [-0.39, 0.29) is 12.2 Å². The van der Waals surface area contributed by atoms with E-state index in [4.69, 9.17) is 9.52 Å². The van der Waals surface area contributed by atoms with Crippen molar-refractivity contribution in [2.24, 2.45) is 5.10 Å². The fourth-order valence-electron chi connectivity index (χ4n) is 1.69. The first kappa shape index (κ1) is 15.3. The van der Waals surface area contributed by atoms with Crippen molar-refractivity contribution in [3.63, 3.8) is 0 Å². The Balaban J connectivity index is 2.08. The Hall–Kier alpha value is -3.09. The molecule has 1 amide bonds. The highest BCUT2D eigenvalue weighted by Crippen LogP contribution is 2.22. The lowest BCUT2D eigenvalue weighted by molar-refractivity contribution is 0.0697. The van der Waals surface area contributed by atoms with E-state index in [1.54, 1.807) is 31.2 Å². The Morgan fingerprint density at radius 2 is 2.18 bits per heavy atom. The zero-order chi connectivity index (χ0) is 15.9. The Morgan fingerprint density at radius 3 is 2.91 bits per heavy atom. The molecule has 0 aliphatic heterocycles. The van der Waals surface area contributed by atoms with Crippen LogP contribution in [0.15, 0.2) is 45.9 Å². The number of furan rings is 1. The fraction of sp³-hybridized carbons (Fsp3) is 0.133. The molecule has 7 heteroatoms. The highest BCUT2D eigenvalue weighted by atomic mass is 16.5. The van der Waals surface area contributed by atoms with E-state index >= 15 is 0 Å². The van der Waals surface area contributed by atoms with Crippen LogP contribution in [0, 0.1) is 0 Å². The van der Waals surface area contributed by atoms with Crippen LogP contribution in [0.5, 0.6) is 0 Å². The van der Waals surface area contributed by atoms with Gasteiger partial charge in [-0.1, -0.05) is 12.1 Å². The van der Waals surface area contributed by atoms with Gasteiger partial charge in [-0.3, -0.25) is 0 Å². The second-order valence-electron chi connectivity index (χ2n) is 4.18. The molecule has 114 valence electrons. The van der Waals surface area contributed by atoms with E-state index in [1.165, 1.54) is 18.3 Å². The fourth-order valence-corrected chi connectivity index (χ4v) is 1.69. The maximum atomic E-state index is 11.0. The molecule has 7 nitrogen and oxygen atoms in total. The van der Waals surface area contributed by atoms with E-state index in [0.717, 1.165) is 0 Å². The SMILES string of the molecule is CCOC(=O)N/N=C\c1ccc(-c2cccc(C(=O)O)c2)o1. The van der Waals surface area contributed by atoms with Crippen molar-refractivity contribution >= 4 is 18.3 Å². The van der Waals surface area contributed by atoms with Gasteiger partial charge in [-0.15, -0.1) is 0 Å². The van der Waals surface area contributed by atoms with Gasteiger partial charge in [-0.05, 0) is 31.2 Å². The molecule has 0 saturated heterocycles. The van der Waals surface area contributed by atoms with Crippen molar-refractivity contribution in [3.8, 4) is 11.3 Å². The molecular formula is C15H14N2O5. The minimum absolute atomic E-state index is 0.174. The molecule has 0 radical (unpaired) electrons. The summed E-state index contributed by atoms with van der Waals surface area (Å²) in [6.07, 6.45) is 0.668. The van der Waals surface area contributed by atoms with E-state index in [0.29, 0.717) is 17.1 Å². The van der Waals surface area contributed by atoms with Crippen molar-refractivity contribution in [2.45, 2.75) is 6.92 Å². The van der Waals surface area contributed by atoms with Crippen LogP contribution in [-0.4, -0.2) is 30.0 Å². The monoisotopic (exact) mass is 302 g/mol. The second-order valence-corrected chi connectivity index (χ2v) is 4.18. The number of carbonyl (C=O) groups is 2. The second kappa shape index (κ2) is 7.07. The summed E-state index contributed by atoms with van der Waals surface area (Å²) in [6, 6.07) is 9.73. The predicted octanol–water partition coefficient (Wildman–Crippen LogP) is 2.72. The van der Waals surface area contributed by atoms with Gasteiger partial charge in [-0.2, -0.15) is 5.10 Å². The number of carbonyl (C=O) groups excluding carboxylic acids is 1. The number of carboxylic acids is 1. The molecule has 1 aromatic carbocycles. The third-order valence-electron chi connectivity index (χ3n) is 2.64. The average Bonchev–Trinajstić information content (AvgIpc) is 2.96. The summed E-state index contributed by atoms with van der Waals surface area (Å²) >= 11 is 0. The largest absolute Gasteiger partial charge is 0.478 e. The molecule has 0 bridgehead atoms. The number of nitrogens with zero attached hydrogens (tertiary/aromatic N) is 1. The standard InChI is InChI=1S/C15H14N2O5/c1-2-21-15(20)17-16-9-12-6-7-13(22-12)10-4-3-5-11(8-10)14(18)19/h3-9H,2H2,1H3,(H,17,20)(H,18,19)/b16-9-. The molecule has 22 heavy (non-hydrogen) atoms. The Bertz CT molecular complexity index is 705. The molecular weight excluding hydrogens is 288 g/mol. The summed E-state index contributed by atoms with van der Waals surface area (Å²) in [7, 11) is 0. The lowest BCUT2D eigenvalue weighted by atomic mass is 10.1. The maximum Gasteiger partial charge on any atom is 0.427 e. The maximum absolute atomic E-state index is 11.0. The van der Waals surface area contributed by atoms with Crippen molar-refractivity contribution in [2.75, 3.05) is 6.61 Å². The third-order valence-corrected chi connectivity index (χ3v) is 2.64. The highest BCUT2D eigenvalue weighted by molar-refractivity contribution is 5.89. The quantitative estimate of drug-likeness (QED) is 0.653. The van der Waals surface area contributed by atoms with Crippen LogP contribution in [0.1, 0.15) is 23.0 Å². The van der Waals surface area contributed by atoms with Gasteiger partial charge in [-0.25, -0.2) is 15.0 Å². The van der Waals surface area contributed by atoms with Crippen molar-refractivity contribution < 1.29 is 23.8 Å². The summed E-state index contributed by atoms with van der Waals surface area (Å²) in [5.41, 5.74) is 2.99. The number of aromatic carboxylic acids is 1. The van der Waals surface area contributed by atoms with Crippen LogP contribution in [0.2, 0.25) is 0 Å². The molecule has 0 unspecified atom stereocenters. The van der Waals surface area contributed by atoms with Gasteiger partial charge in [0.05, 0.1) is 18.4 Å². The van der Waals surface area contributed by atoms with E-state index in [2.05, 4.69) is 15.3 Å². The predicted molar refractivity (Wildman–Crippen MR) is 78.9 cm³/mol. The number of hydrazone groups is 1. The van der Waals surface area contributed by atoms with Gasteiger partial charge in [0, 0.05) is 5.56 Å². The number of carboxylic acid groups (broad SMARTS) is 1. The summed E-state index contributed by atoms with van der Waals surface area (Å²) in [5, 5.41) is 12.6. The number of nitrogens with one attached hydrogen (secondary N) is 1. The van der Waals surface area contributed by atoms with Crippen LogP contribution >= 0.6 is 0 Å². The third kappa shape index (κ3) is 3.95. The van der Waals surface area contributed by atoms with Crippen molar-refractivity contribution in [1.29, 1.82) is 0 Å². The summed E-state index contributed by atoms with van der Waals surface area (Å²) in [6.45, 7) is 1.94. The molecule has 0 spiro atoms. The lowest BCUT2D eigenvalue weighted by Gasteiger charge is -1.99. The molecule has 0 aliphatic rings. The molecule has 1 aromatic heterocycles. The van der Waals surface area contributed by atoms with Gasteiger partial charge < -0.3 is 14.3 Å². The van der Waals surface area contributed by atoms with Gasteiger partial charge in [0.15, 0.2) is 0 Å². The van der Waals surface area contributed by atoms with E-state index < -0.39 is 12.1 Å². The average molecular weight is 302 g/mol. The van der Waals surface area contributed by atoms with Crippen LogP contribution in [0.25, 0.3) is 11.3 Å². The molecule has 0 saturated carbocycles. The minimum Gasteiger partial charge on any atom is -0.478 e. The van der Waals surface area contributed by atoms with E-state index in [1.807, 2.05) is 0 Å². The Labute approximate surface area is 126 Å². The van der Waals surface area contributed by atoms with Crippen molar-refractivity contribution in [3.05, 3.63) is 47.7 Å². The topological polar surface area (TPSA) is 101 Å². The van der Waals surface area contributed by atoms with Crippen molar-refractivity contribution in [1.82, 2.24) is 5.43 Å². The lowest BCUT2D eigenvalue weighted by Crippen LogP contribution is -2.18. The first-order valence-electron chi connectivity index (χ1n) is 6.49. The summed E-state index contributed by atoms with van der Waals surface area (Å²) in [5.74, 6) is -0.0953. The molecule has 0 aliphatic carbocycles. The van der Waals surface area contributed by atoms with Gasteiger partial charge in [0.2, 0.25) is 0 Å². The van der Waals surface area contributed by atoms with Gasteiger partial charge in [0.1, 0.15) is 11.5 Å². The Morgan fingerprint density at radius 1 is 1.36 bits per heavy atom. The molecule has 0 atom stereocenters. The highest BCUT2D eigenvalue weighted by Gasteiger charge is 2.08. The number of ether oxygens (including phenoxy) is 1. The molecule has 2 N–H and O–H groups in total. The van der Waals surface area contributed by atoms with E-state index in [9.17, 15) is 9.59 Å². The number of benzene rings is 1. The van der Waals surface area contributed by atoms with Gasteiger partial charge >= 0.3 is 12.1 Å². The first-order valence-corrected chi connectivity index (χ1v) is 6.49. The van der Waals surface area contributed by atoms with Crippen LogP contribution in [0.4, 0.5) is 4.79 Å². The zero-order valence-electron chi connectivity index (χ0n) is 11.8. The molecule has 1 heterocycles. The van der Waals surface area contributed by atoms with Crippen LogP contribution < -0.4 is 5.43 Å². The number of amides is 1. The Kier molecular flexibility index (Phi) is 4.92. The molecule has 2 rings (SSSR count). The zero-order valence-corrected chi connectivity index (χ0v) is 11.8. The van der Waals surface area contributed by atoms with Crippen LogP contribution in [0.3, 0.4) is 0 Å². The first-order chi connectivity index (χ1) is 10.6. The minimum atomic E-state index is -1.01. The number of hydrogen-bond acceptors (Lipinski definition) is 5.